The lowest BCUT2D eigenvalue weighted by Crippen LogP contribution is -2.19. The Morgan fingerprint density at radius 3 is 2.82 bits per heavy atom. The first-order chi connectivity index (χ1) is 8.27. The van der Waals surface area contributed by atoms with Gasteiger partial charge < -0.3 is 4.98 Å². The van der Waals surface area contributed by atoms with E-state index < -0.39 is 0 Å². The summed E-state index contributed by atoms with van der Waals surface area (Å²) in [5.74, 6) is -0.323. The minimum Gasteiger partial charge on any atom is -0.348 e. The van der Waals surface area contributed by atoms with Crippen LogP contribution in [0.5, 0.6) is 0 Å². The molecule has 1 aromatic carbocycles. The average Bonchev–Trinajstić information content (AvgIpc) is 2.77. The van der Waals surface area contributed by atoms with E-state index in [0.717, 1.165) is 11.3 Å². The summed E-state index contributed by atoms with van der Waals surface area (Å²) in [5, 5.41) is 3.86. The zero-order chi connectivity index (χ0) is 12.1. The standard InChI is InChI=1S/C12H12N4O/c1-9-11(14-8-13-9)12(17)16-15-7-10-5-3-2-4-6-10/h2-8H,1H3,(H,13,14)(H,16,17)/b15-7+. The highest BCUT2D eigenvalue weighted by molar-refractivity contribution is 5.94. The molecule has 2 rings (SSSR count). The second kappa shape index (κ2) is 5.07. The second-order valence-electron chi connectivity index (χ2n) is 3.49. The van der Waals surface area contributed by atoms with Gasteiger partial charge in [-0.3, -0.25) is 4.79 Å². The number of imidazole rings is 1. The van der Waals surface area contributed by atoms with Crippen molar-refractivity contribution in [2.24, 2.45) is 5.10 Å². The Labute approximate surface area is 98.6 Å². The third-order valence-electron chi connectivity index (χ3n) is 2.22. The fourth-order valence-corrected chi connectivity index (χ4v) is 1.35. The molecule has 0 aliphatic heterocycles. The van der Waals surface area contributed by atoms with Crippen molar-refractivity contribution in [3.8, 4) is 0 Å². The van der Waals surface area contributed by atoms with Gasteiger partial charge in [-0.15, -0.1) is 0 Å². The quantitative estimate of drug-likeness (QED) is 0.617. The number of nitrogens with one attached hydrogen (secondary N) is 2. The van der Waals surface area contributed by atoms with E-state index in [-0.39, 0.29) is 5.91 Å². The Balaban J connectivity index is 1.98. The van der Waals surface area contributed by atoms with E-state index in [1.807, 2.05) is 30.3 Å². The molecule has 17 heavy (non-hydrogen) atoms. The van der Waals surface area contributed by atoms with E-state index in [9.17, 15) is 4.79 Å². The largest absolute Gasteiger partial charge is 0.348 e. The van der Waals surface area contributed by atoms with Crippen LogP contribution in [0.1, 0.15) is 21.7 Å². The van der Waals surface area contributed by atoms with Gasteiger partial charge in [-0.25, -0.2) is 10.4 Å². The smallest absolute Gasteiger partial charge is 0.291 e. The molecule has 1 heterocycles. The van der Waals surface area contributed by atoms with Crippen LogP contribution in [0.4, 0.5) is 0 Å². The van der Waals surface area contributed by atoms with E-state index in [4.69, 9.17) is 0 Å². The van der Waals surface area contributed by atoms with Crippen LogP contribution in [0.3, 0.4) is 0 Å². The summed E-state index contributed by atoms with van der Waals surface area (Å²) in [7, 11) is 0. The van der Waals surface area contributed by atoms with Gasteiger partial charge in [0, 0.05) is 5.69 Å². The molecule has 0 atom stereocenters. The molecule has 0 radical (unpaired) electrons. The fourth-order valence-electron chi connectivity index (χ4n) is 1.35. The highest BCUT2D eigenvalue weighted by Crippen LogP contribution is 1.99. The first kappa shape index (κ1) is 11.1. The van der Waals surface area contributed by atoms with Crippen LogP contribution in [0.25, 0.3) is 0 Å². The van der Waals surface area contributed by atoms with Gasteiger partial charge in [-0.2, -0.15) is 5.10 Å². The van der Waals surface area contributed by atoms with Crippen LogP contribution in [0.15, 0.2) is 41.8 Å². The molecule has 2 N–H and O–H groups in total. The number of carbonyl (C=O) groups excluding carboxylic acids is 1. The van der Waals surface area contributed by atoms with Gasteiger partial charge >= 0.3 is 0 Å². The van der Waals surface area contributed by atoms with Crippen molar-refractivity contribution in [3.05, 3.63) is 53.6 Å². The Kier molecular flexibility index (Phi) is 3.30. The summed E-state index contributed by atoms with van der Waals surface area (Å²) in [5.41, 5.74) is 4.42. The number of aryl methyl sites for hydroxylation is 1. The zero-order valence-corrected chi connectivity index (χ0v) is 9.34. The van der Waals surface area contributed by atoms with E-state index in [1.165, 1.54) is 6.33 Å². The van der Waals surface area contributed by atoms with E-state index in [2.05, 4.69) is 20.5 Å². The SMILES string of the molecule is Cc1[nH]cnc1C(=O)N/N=C/c1ccccc1. The third kappa shape index (κ3) is 2.78. The predicted molar refractivity (Wildman–Crippen MR) is 64.8 cm³/mol. The number of hydrogen-bond acceptors (Lipinski definition) is 3. The molecular formula is C12H12N4O. The van der Waals surface area contributed by atoms with Gasteiger partial charge in [0.15, 0.2) is 5.69 Å². The van der Waals surface area contributed by atoms with Crippen molar-refractivity contribution in [2.75, 3.05) is 0 Å². The van der Waals surface area contributed by atoms with Crippen LogP contribution >= 0.6 is 0 Å². The van der Waals surface area contributed by atoms with Crippen LogP contribution in [-0.4, -0.2) is 22.1 Å². The van der Waals surface area contributed by atoms with Gasteiger partial charge in [-0.05, 0) is 12.5 Å². The Hall–Kier alpha value is -2.43. The molecule has 5 nitrogen and oxygen atoms in total. The minimum atomic E-state index is -0.323. The maximum absolute atomic E-state index is 11.6. The van der Waals surface area contributed by atoms with E-state index in [1.54, 1.807) is 13.1 Å². The summed E-state index contributed by atoms with van der Waals surface area (Å²) in [4.78, 5) is 18.3. The van der Waals surface area contributed by atoms with Gasteiger partial charge in [0.25, 0.3) is 5.91 Å². The van der Waals surface area contributed by atoms with Crippen LogP contribution < -0.4 is 5.43 Å². The molecule has 0 fully saturated rings. The molecule has 0 bridgehead atoms. The Morgan fingerprint density at radius 2 is 2.18 bits per heavy atom. The predicted octanol–water partition coefficient (Wildman–Crippen LogP) is 1.48. The monoisotopic (exact) mass is 228 g/mol. The van der Waals surface area contributed by atoms with Gasteiger partial charge in [0.2, 0.25) is 0 Å². The number of amides is 1. The molecule has 0 unspecified atom stereocenters. The summed E-state index contributed by atoms with van der Waals surface area (Å²) in [6.07, 6.45) is 3.06. The van der Waals surface area contributed by atoms with Gasteiger partial charge in [0.05, 0.1) is 12.5 Å². The molecule has 1 amide bonds. The molecule has 1 aromatic heterocycles. The molecule has 0 aliphatic rings. The number of H-pyrrole nitrogens is 1. The number of hydrazone groups is 1. The molecule has 5 heteroatoms. The summed E-state index contributed by atoms with van der Waals surface area (Å²) >= 11 is 0. The molecular weight excluding hydrogens is 216 g/mol. The molecule has 0 spiro atoms. The maximum Gasteiger partial charge on any atom is 0.291 e. The van der Waals surface area contributed by atoms with Crippen LogP contribution in [-0.2, 0) is 0 Å². The first-order valence-electron chi connectivity index (χ1n) is 5.16. The Morgan fingerprint density at radius 1 is 1.41 bits per heavy atom. The van der Waals surface area contributed by atoms with Crippen molar-refractivity contribution in [2.45, 2.75) is 6.92 Å². The number of nitrogens with zero attached hydrogens (tertiary/aromatic N) is 2. The van der Waals surface area contributed by atoms with E-state index >= 15 is 0 Å². The summed E-state index contributed by atoms with van der Waals surface area (Å²) in [6, 6.07) is 9.52. The number of aromatic nitrogens is 2. The van der Waals surface area contributed by atoms with Gasteiger partial charge in [0.1, 0.15) is 0 Å². The second-order valence-corrected chi connectivity index (χ2v) is 3.49. The molecule has 0 aliphatic carbocycles. The van der Waals surface area contributed by atoms with Crippen molar-refractivity contribution < 1.29 is 4.79 Å². The fraction of sp³-hybridized carbons (Fsp3) is 0.0833. The lowest BCUT2D eigenvalue weighted by atomic mass is 10.2. The number of aromatic amines is 1. The highest BCUT2D eigenvalue weighted by atomic mass is 16.2. The lowest BCUT2D eigenvalue weighted by Gasteiger charge is -1.96. The van der Waals surface area contributed by atoms with Crippen molar-refractivity contribution in [1.29, 1.82) is 0 Å². The molecule has 0 saturated heterocycles. The third-order valence-corrected chi connectivity index (χ3v) is 2.22. The normalized spacial score (nSPS) is 10.6. The van der Waals surface area contributed by atoms with Gasteiger partial charge in [-0.1, -0.05) is 30.3 Å². The first-order valence-corrected chi connectivity index (χ1v) is 5.16. The summed E-state index contributed by atoms with van der Waals surface area (Å²) < 4.78 is 0. The molecule has 0 saturated carbocycles. The topological polar surface area (TPSA) is 70.1 Å². The lowest BCUT2D eigenvalue weighted by molar-refractivity contribution is 0.0950. The van der Waals surface area contributed by atoms with Crippen molar-refractivity contribution in [1.82, 2.24) is 15.4 Å². The van der Waals surface area contributed by atoms with E-state index in [0.29, 0.717) is 5.69 Å². The number of carbonyl (C=O) groups is 1. The summed E-state index contributed by atoms with van der Waals surface area (Å²) in [6.45, 7) is 1.78. The minimum absolute atomic E-state index is 0.323. The average molecular weight is 228 g/mol. The number of hydrogen-bond donors (Lipinski definition) is 2. The number of rotatable bonds is 3. The zero-order valence-electron chi connectivity index (χ0n) is 9.34. The van der Waals surface area contributed by atoms with Crippen LogP contribution in [0.2, 0.25) is 0 Å². The van der Waals surface area contributed by atoms with Crippen molar-refractivity contribution in [3.63, 3.8) is 0 Å². The van der Waals surface area contributed by atoms with Crippen molar-refractivity contribution >= 4 is 12.1 Å². The maximum atomic E-state index is 11.6. The van der Waals surface area contributed by atoms with Crippen LogP contribution in [0, 0.1) is 6.92 Å². The highest BCUT2D eigenvalue weighted by Gasteiger charge is 2.09. The Bertz CT molecular complexity index is 530. The molecule has 2 aromatic rings. The number of benzene rings is 1. The molecule has 86 valence electrons.